The molecule has 0 unspecified atom stereocenters. The summed E-state index contributed by atoms with van der Waals surface area (Å²) in [5, 5.41) is 7.40. The minimum absolute atomic E-state index is 0.0989. The average Bonchev–Trinajstić information content (AvgIpc) is 2.65. The predicted molar refractivity (Wildman–Crippen MR) is 120 cm³/mol. The van der Waals surface area contributed by atoms with Gasteiger partial charge in [-0.05, 0) is 47.6 Å². The van der Waals surface area contributed by atoms with E-state index in [4.69, 9.17) is 11.6 Å². The summed E-state index contributed by atoms with van der Waals surface area (Å²) >= 11 is 6.05. The van der Waals surface area contributed by atoms with Crippen molar-refractivity contribution < 1.29 is 9.59 Å². The summed E-state index contributed by atoms with van der Waals surface area (Å²) in [6.45, 7) is 8.33. The number of carbonyl (C=O) groups excluding carboxylic acids is 2. The van der Waals surface area contributed by atoms with Gasteiger partial charge in [0.05, 0.1) is 6.21 Å². The molecule has 6 heteroatoms. The number of carbonyl (C=O) groups is 2. The van der Waals surface area contributed by atoms with Gasteiger partial charge in [-0.3, -0.25) is 9.59 Å². The zero-order valence-electron chi connectivity index (χ0n) is 17.4. The van der Waals surface area contributed by atoms with Crippen molar-refractivity contribution in [2.24, 2.45) is 5.10 Å². The van der Waals surface area contributed by atoms with Crippen LogP contribution in [-0.4, -0.2) is 18.0 Å². The topological polar surface area (TPSA) is 70.6 Å². The van der Waals surface area contributed by atoms with Crippen molar-refractivity contribution in [1.29, 1.82) is 0 Å². The summed E-state index contributed by atoms with van der Waals surface area (Å²) in [6.07, 6.45) is 2.52. The Morgan fingerprint density at radius 3 is 2.34 bits per heavy atom. The minimum Gasteiger partial charge on any atom is -0.326 e. The Morgan fingerprint density at radius 2 is 1.69 bits per heavy atom. The van der Waals surface area contributed by atoms with Crippen molar-refractivity contribution in [1.82, 2.24) is 5.43 Å². The highest BCUT2D eigenvalue weighted by Gasteiger charge is 2.12. The maximum Gasteiger partial charge on any atom is 0.240 e. The van der Waals surface area contributed by atoms with Crippen LogP contribution in [0.25, 0.3) is 0 Å². The van der Waals surface area contributed by atoms with Crippen LogP contribution in [0, 0.1) is 6.92 Å². The van der Waals surface area contributed by atoms with E-state index in [1.807, 2.05) is 19.1 Å². The molecule has 0 aliphatic rings. The van der Waals surface area contributed by atoms with E-state index >= 15 is 0 Å². The molecule has 2 aromatic carbocycles. The van der Waals surface area contributed by atoms with Crippen molar-refractivity contribution >= 4 is 35.3 Å². The molecule has 0 fully saturated rings. The third-order valence-corrected chi connectivity index (χ3v) is 4.94. The Morgan fingerprint density at radius 1 is 1.03 bits per heavy atom. The standard InChI is InChI=1S/C23H28ClN3O2/c1-16-19(24)7-5-8-20(16)26-21(28)9-6-10-22(29)27-25-15-17-11-13-18(14-12-17)23(2,3)4/h5,7-8,11-15H,6,9-10H2,1-4H3,(H,26,28)(H,27,29)/b25-15-. The van der Waals surface area contributed by atoms with E-state index in [2.05, 4.69) is 48.7 Å². The molecular weight excluding hydrogens is 386 g/mol. The SMILES string of the molecule is Cc1c(Cl)cccc1NC(=O)CCCC(=O)N/N=C\c1ccc(C(C)(C)C)cc1. The highest BCUT2D eigenvalue weighted by atomic mass is 35.5. The highest BCUT2D eigenvalue weighted by molar-refractivity contribution is 6.31. The third kappa shape index (κ3) is 7.35. The maximum atomic E-state index is 12.0. The largest absolute Gasteiger partial charge is 0.326 e. The molecule has 2 aromatic rings. The number of anilines is 1. The van der Waals surface area contributed by atoms with Crippen LogP contribution in [0.2, 0.25) is 5.02 Å². The molecule has 0 radical (unpaired) electrons. The van der Waals surface area contributed by atoms with Gasteiger partial charge in [0.15, 0.2) is 0 Å². The average molecular weight is 414 g/mol. The fourth-order valence-corrected chi connectivity index (χ4v) is 2.84. The number of amides is 2. The van der Waals surface area contributed by atoms with E-state index < -0.39 is 0 Å². The number of hydrogen-bond acceptors (Lipinski definition) is 3. The number of halogens is 1. The molecule has 0 atom stereocenters. The number of benzene rings is 2. The smallest absolute Gasteiger partial charge is 0.240 e. The van der Waals surface area contributed by atoms with Crippen LogP contribution in [0.4, 0.5) is 5.69 Å². The highest BCUT2D eigenvalue weighted by Crippen LogP contribution is 2.23. The molecule has 0 saturated carbocycles. The summed E-state index contributed by atoms with van der Waals surface area (Å²) in [6, 6.07) is 13.4. The van der Waals surface area contributed by atoms with Crippen LogP contribution in [0.15, 0.2) is 47.6 Å². The van der Waals surface area contributed by atoms with Crippen molar-refractivity contribution in [3.05, 3.63) is 64.2 Å². The maximum absolute atomic E-state index is 12.0. The fraction of sp³-hybridized carbons (Fsp3) is 0.348. The number of rotatable bonds is 7. The fourth-order valence-electron chi connectivity index (χ4n) is 2.67. The molecule has 2 rings (SSSR count). The van der Waals surface area contributed by atoms with Crippen molar-refractivity contribution in [2.45, 2.75) is 52.4 Å². The molecule has 29 heavy (non-hydrogen) atoms. The third-order valence-electron chi connectivity index (χ3n) is 4.53. The van der Waals surface area contributed by atoms with Gasteiger partial charge in [-0.25, -0.2) is 5.43 Å². The zero-order chi connectivity index (χ0) is 21.4. The van der Waals surface area contributed by atoms with Gasteiger partial charge in [0.1, 0.15) is 0 Å². The van der Waals surface area contributed by atoms with Gasteiger partial charge < -0.3 is 5.32 Å². The van der Waals surface area contributed by atoms with Gasteiger partial charge >= 0.3 is 0 Å². The minimum atomic E-state index is -0.223. The normalized spacial score (nSPS) is 11.5. The van der Waals surface area contributed by atoms with Crippen LogP contribution >= 0.6 is 11.6 Å². The summed E-state index contributed by atoms with van der Waals surface area (Å²) in [5.74, 6) is -0.370. The first-order valence-electron chi connectivity index (χ1n) is 9.64. The van der Waals surface area contributed by atoms with Gasteiger partial charge in [-0.2, -0.15) is 5.10 Å². The molecule has 0 heterocycles. The lowest BCUT2D eigenvalue weighted by Crippen LogP contribution is -2.18. The van der Waals surface area contributed by atoms with E-state index in [0.717, 1.165) is 11.1 Å². The lowest BCUT2D eigenvalue weighted by atomic mass is 9.87. The first-order valence-corrected chi connectivity index (χ1v) is 10.0. The van der Waals surface area contributed by atoms with Crippen LogP contribution in [0.1, 0.15) is 56.7 Å². The second-order valence-corrected chi connectivity index (χ2v) is 8.39. The van der Waals surface area contributed by atoms with E-state index in [1.54, 1.807) is 24.4 Å². The number of hydrogen-bond donors (Lipinski definition) is 2. The molecule has 5 nitrogen and oxygen atoms in total. The van der Waals surface area contributed by atoms with Gasteiger partial charge in [-0.1, -0.05) is 62.7 Å². The van der Waals surface area contributed by atoms with E-state index in [0.29, 0.717) is 17.1 Å². The Kier molecular flexibility index (Phi) is 7.97. The van der Waals surface area contributed by atoms with Crippen LogP contribution < -0.4 is 10.7 Å². The van der Waals surface area contributed by atoms with E-state index in [9.17, 15) is 9.59 Å². The molecule has 0 aliphatic heterocycles. The summed E-state index contributed by atoms with van der Waals surface area (Å²) in [7, 11) is 0. The molecule has 0 spiro atoms. The van der Waals surface area contributed by atoms with Gasteiger partial charge in [-0.15, -0.1) is 0 Å². The monoisotopic (exact) mass is 413 g/mol. The molecule has 0 aliphatic carbocycles. The van der Waals surface area contributed by atoms with E-state index in [-0.39, 0.29) is 30.1 Å². The zero-order valence-corrected chi connectivity index (χ0v) is 18.1. The van der Waals surface area contributed by atoms with Crippen LogP contribution in [0.3, 0.4) is 0 Å². The lowest BCUT2D eigenvalue weighted by Gasteiger charge is -2.18. The first kappa shape index (κ1) is 22.6. The summed E-state index contributed by atoms with van der Waals surface area (Å²) < 4.78 is 0. The van der Waals surface area contributed by atoms with Crippen molar-refractivity contribution in [3.8, 4) is 0 Å². The Bertz CT molecular complexity index is 884. The number of hydrazone groups is 1. The van der Waals surface area contributed by atoms with Gasteiger partial charge in [0, 0.05) is 23.6 Å². The van der Waals surface area contributed by atoms with E-state index in [1.165, 1.54) is 5.56 Å². The van der Waals surface area contributed by atoms with Crippen LogP contribution in [-0.2, 0) is 15.0 Å². The van der Waals surface area contributed by atoms with Crippen molar-refractivity contribution in [3.63, 3.8) is 0 Å². The second-order valence-electron chi connectivity index (χ2n) is 7.98. The molecule has 0 aromatic heterocycles. The quantitative estimate of drug-likeness (QED) is 0.483. The molecule has 0 saturated heterocycles. The van der Waals surface area contributed by atoms with Crippen molar-refractivity contribution in [2.75, 3.05) is 5.32 Å². The Balaban J connectivity index is 1.72. The Labute approximate surface area is 177 Å². The number of nitrogens with one attached hydrogen (secondary N) is 2. The second kappa shape index (κ2) is 10.2. The molecule has 2 N–H and O–H groups in total. The first-order chi connectivity index (χ1) is 13.7. The molecular formula is C23H28ClN3O2. The summed E-state index contributed by atoms with van der Waals surface area (Å²) in [4.78, 5) is 23.9. The predicted octanol–water partition coefficient (Wildman–Crippen LogP) is 5.21. The van der Waals surface area contributed by atoms with Gasteiger partial charge in [0.2, 0.25) is 11.8 Å². The van der Waals surface area contributed by atoms with Gasteiger partial charge in [0.25, 0.3) is 0 Å². The number of nitrogens with zero attached hydrogens (tertiary/aromatic N) is 1. The summed E-state index contributed by atoms with van der Waals surface area (Å²) in [5.41, 5.74) is 6.26. The Hall–Kier alpha value is -2.66. The molecule has 154 valence electrons. The molecule has 0 bridgehead atoms. The van der Waals surface area contributed by atoms with Crippen LogP contribution in [0.5, 0.6) is 0 Å². The molecule has 2 amide bonds. The lowest BCUT2D eigenvalue weighted by molar-refractivity contribution is -0.121.